The molecule has 0 spiro atoms. The average Bonchev–Trinajstić information content (AvgIpc) is 2.52. The second kappa shape index (κ2) is 4.40. The largest absolute Gasteiger partial charge is 0.393 e. The Morgan fingerprint density at radius 2 is 2.12 bits per heavy atom. The van der Waals surface area contributed by atoms with Crippen molar-refractivity contribution in [1.82, 2.24) is 14.9 Å². The first kappa shape index (κ1) is 12.5. The predicted molar refractivity (Wildman–Crippen MR) is 62.0 cm³/mol. The topological polar surface area (TPSA) is 95.1 Å². The monoisotopic (exact) mass is 259 g/mol. The Hall–Kier alpha value is -0.920. The lowest BCUT2D eigenvalue weighted by Crippen LogP contribution is -2.38. The van der Waals surface area contributed by atoms with E-state index >= 15 is 0 Å². The smallest absolute Gasteiger partial charge is 0.244 e. The molecule has 1 saturated carbocycles. The fourth-order valence-electron chi connectivity index (χ4n) is 2.10. The van der Waals surface area contributed by atoms with Crippen molar-refractivity contribution in [2.24, 2.45) is 5.92 Å². The summed E-state index contributed by atoms with van der Waals surface area (Å²) in [6, 6.07) is 0. The van der Waals surface area contributed by atoms with E-state index in [1.165, 1.54) is 0 Å². The van der Waals surface area contributed by atoms with Gasteiger partial charge >= 0.3 is 0 Å². The highest BCUT2D eigenvalue weighted by atomic mass is 32.2. The van der Waals surface area contributed by atoms with Crippen LogP contribution in [0.2, 0.25) is 0 Å². The molecular weight excluding hydrogens is 242 g/mol. The van der Waals surface area contributed by atoms with Crippen molar-refractivity contribution in [2.45, 2.75) is 37.7 Å². The molecule has 1 fully saturated rings. The third kappa shape index (κ3) is 2.51. The minimum atomic E-state index is -3.49. The van der Waals surface area contributed by atoms with E-state index in [0.29, 0.717) is 30.8 Å². The zero-order chi connectivity index (χ0) is 12.6. The molecule has 0 bridgehead atoms. The number of nitrogens with zero attached hydrogens (tertiary/aromatic N) is 1. The van der Waals surface area contributed by atoms with Crippen molar-refractivity contribution < 1.29 is 13.5 Å². The third-order valence-electron chi connectivity index (χ3n) is 3.10. The maximum Gasteiger partial charge on any atom is 0.244 e. The van der Waals surface area contributed by atoms with Crippen LogP contribution in [0.1, 0.15) is 24.2 Å². The van der Waals surface area contributed by atoms with Crippen LogP contribution in [0.4, 0.5) is 0 Å². The van der Waals surface area contributed by atoms with E-state index in [1.54, 1.807) is 13.8 Å². The van der Waals surface area contributed by atoms with Crippen LogP contribution in [-0.2, 0) is 10.0 Å². The minimum Gasteiger partial charge on any atom is -0.393 e. The van der Waals surface area contributed by atoms with Crippen LogP contribution in [0.25, 0.3) is 0 Å². The van der Waals surface area contributed by atoms with Crippen LogP contribution in [0.5, 0.6) is 0 Å². The van der Waals surface area contributed by atoms with Crippen molar-refractivity contribution >= 4 is 10.0 Å². The molecule has 1 aliphatic rings. The van der Waals surface area contributed by atoms with E-state index in [9.17, 15) is 8.42 Å². The Balaban J connectivity index is 2.04. The molecule has 1 heterocycles. The quantitative estimate of drug-likeness (QED) is 0.713. The Bertz CT molecular complexity index is 483. The number of aliphatic hydroxyl groups excluding tert-OH is 1. The van der Waals surface area contributed by atoms with E-state index in [0.717, 1.165) is 0 Å². The fraction of sp³-hybridized carbons (Fsp3) is 0.700. The van der Waals surface area contributed by atoms with Crippen molar-refractivity contribution in [2.75, 3.05) is 6.54 Å². The summed E-state index contributed by atoms with van der Waals surface area (Å²) in [7, 11) is -3.49. The molecule has 0 atom stereocenters. The van der Waals surface area contributed by atoms with Gasteiger partial charge in [-0.2, -0.15) is 5.10 Å². The highest BCUT2D eigenvalue weighted by molar-refractivity contribution is 7.89. The summed E-state index contributed by atoms with van der Waals surface area (Å²) < 4.78 is 26.6. The molecule has 0 saturated heterocycles. The molecule has 0 unspecified atom stereocenters. The van der Waals surface area contributed by atoms with Gasteiger partial charge in [-0.1, -0.05) is 0 Å². The average molecular weight is 259 g/mol. The van der Waals surface area contributed by atoms with Gasteiger partial charge in [0.05, 0.1) is 17.5 Å². The summed E-state index contributed by atoms with van der Waals surface area (Å²) in [5, 5.41) is 15.7. The highest BCUT2D eigenvalue weighted by Gasteiger charge is 2.29. The molecule has 96 valence electrons. The van der Waals surface area contributed by atoms with Crippen molar-refractivity contribution in [3.05, 3.63) is 11.4 Å². The summed E-state index contributed by atoms with van der Waals surface area (Å²) in [5.74, 6) is 0.243. The number of aryl methyl sites for hydroxylation is 2. The molecule has 1 aromatic heterocycles. The van der Waals surface area contributed by atoms with Gasteiger partial charge in [0, 0.05) is 6.54 Å². The van der Waals surface area contributed by atoms with Crippen molar-refractivity contribution in [3.63, 3.8) is 0 Å². The maximum atomic E-state index is 12.0. The molecule has 6 nitrogen and oxygen atoms in total. The Morgan fingerprint density at radius 1 is 1.47 bits per heavy atom. The normalized spacial score (nSPS) is 24.6. The number of rotatable bonds is 4. The van der Waals surface area contributed by atoms with E-state index < -0.39 is 10.0 Å². The first-order valence-electron chi connectivity index (χ1n) is 5.59. The van der Waals surface area contributed by atoms with E-state index in [2.05, 4.69) is 14.9 Å². The zero-order valence-electron chi connectivity index (χ0n) is 9.90. The maximum absolute atomic E-state index is 12.0. The molecule has 0 aliphatic heterocycles. The Morgan fingerprint density at radius 3 is 2.59 bits per heavy atom. The fourth-order valence-corrected chi connectivity index (χ4v) is 3.59. The number of nitrogens with one attached hydrogen (secondary N) is 2. The van der Waals surface area contributed by atoms with Crippen LogP contribution in [0.15, 0.2) is 4.90 Å². The molecule has 7 heteroatoms. The number of aromatic nitrogens is 2. The summed E-state index contributed by atoms with van der Waals surface area (Å²) in [6.07, 6.45) is 1.08. The van der Waals surface area contributed by atoms with Gasteiger partial charge in [0.2, 0.25) is 10.0 Å². The van der Waals surface area contributed by atoms with Crippen molar-refractivity contribution in [3.8, 4) is 0 Å². The van der Waals surface area contributed by atoms with Crippen LogP contribution in [0.3, 0.4) is 0 Å². The number of H-pyrrole nitrogens is 1. The summed E-state index contributed by atoms with van der Waals surface area (Å²) in [4.78, 5) is 0.234. The van der Waals surface area contributed by atoms with Gasteiger partial charge in [-0.3, -0.25) is 5.10 Å². The third-order valence-corrected chi connectivity index (χ3v) is 4.79. The standard InChI is InChI=1S/C10H17N3O3S/c1-6-10(7(2)13-12-6)17(15,16)11-5-8-3-9(14)4-8/h8-9,11,14H,3-5H2,1-2H3,(H,12,13). The van der Waals surface area contributed by atoms with E-state index in [4.69, 9.17) is 5.11 Å². The number of hydrogen-bond donors (Lipinski definition) is 3. The van der Waals surface area contributed by atoms with Gasteiger partial charge in [-0.05, 0) is 32.6 Å². The SMILES string of the molecule is Cc1n[nH]c(C)c1S(=O)(=O)NCC1CC(O)C1. The number of aliphatic hydroxyl groups is 1. The van der Waals surface area contributed by atoms with E-state index in [1.807, 2.05) is 0 Å². The van der Waals surface area contributed by atoms with Crippen LogP contribution >= 0.6 is 0 Å². The molecule has 17 heavy (non-hydrogen) atoms. The number of hydrogen-bond acceptors (Lipinski definition) is 4. The lowest BCUT2D eigenvalue weighted by atomic mass is 9.83. The zero-order valence-corrected chi connectivity index (χ0v) is 10.7. The molecule has 0 amide bonds. The highest BCUT2D eigenvalue weighted by Crippen LogP contribution is 2.27. The molecular formula is C10H17N3O3S. The van der Waals surface area contributed by atoms with Gasteiger partial charge in [0.1, 0.15) is 4.90 Å². The second-order valence-corrected chi connectivity index (χ2v) is 6.31. The van der Waals surface area contributed by atoms with Gasteiger partial charge in [-0.25, -0.2) is 13.1 Å². The van der Waals surface area contributed by atoms with Crippen LogP contribution < -0.4 is 4.72 Å². The van der Waals surface area contributed by atoms with Crippen molar-refractivity contribution in [1.29, 1.82) is 0 Å². The Labute approximate surface area is 100 Å². The first-order chi connectivity index (χ1) is 7.90. The summed E-state index contributed by atoms with van der Waals surface area (Å²) in [5.41, 5.74) is 1.02. The van der Waals surface area contributed by atoms with Gasteiger partial charge < -0.3 is 5.11 Å². The molecule has 1 aliphatic carbocycles. The molecule has 2 rings (SSSR count). The minimum absolute atomic E-state index is 0.234. The molecule has 0 aromatic carbocycles. The van der Waals surface area contributed by atoms with Crippen LogP contribution in [-0.4, -0.2) is 36.4 Å². The van der Waals surface area contributed by atoms with Gasteiger partial charge in [0.25, 0.3) is 0 Å². The predicted octanol–water partition coefficient (Wildman–Crippen LogP) is 0.0757. The molecule has 3 N–H and O–H groups in total. The van der Waals surface area contributed by atoms with Gasteiger partial charge in [-0.15, -0.1) is 0 Å². The molecule has 1 aromatic rings. The summed E-state index contributed by atoms with van der Waals surface area (Å²) >= 11 is 0. The van der Waals surface area contributed by atoms with Crippen LogP contribution in [0, 0.1) is 19.8 Å². The van der Waals surface area contributed by atoms with Gasteiger partial charge in [0.15, 0.2) is 0 Å². The number of sulfonamides is 1. The summed E-state index contributed by atoms with van der Waals surface area (Å²) in [6.45, 7) is 3.72. The van der Waals surface area contributed by atoms with E-state index in [-0.39, 0.29) is 16.9 Å². The molecule has 0 radical (unpaired) electrons. The second-order valence-electron chi connectivity index (χ2n) is 4.61. The lowest BCUT2D eigenvalue weighted by molar-refractivity contribution is 0.0453. The lowest BCUT2D eigenvalue weighted by Gasteiger charge is -2.31. The first-order valence-corrected chi connectivity index (χ1v) is 7.07. The number of aromatic amines is 1. The Kier molecular flexibility index (Phi) is 3.24.